The Hall–Kier alpha value is -4.06. The van der Waals surface area contributed by atoms with E-state index in [1.807, 2.05) is 6.07 Å². The van der Waals surface area contributed by atoms with Crippen LogP contribution in [-0.4, -0.2) is 67.7 Å². The Morgan fingerprint density at radius 1 is 1.13 bits per heavy atom. The molecule has 4 N–H and O–H groups in total. The molecule has 3 aromatic rings. The molecular formula is C30H39N6O9P. The molecule has 248 valence electrons. The molecule has 1 aliphatic rings. The first-order valence-corrected chi connectivity index (χ1v) is 16.2. The summed E-state index contributed by atoms with van der Waals surface area (Å²) in [7, 11) is -4.46. The number of anilines is 1. The molecule has 0 radical (unpaired) electrons. The van der Waals surface area contributed by atoms with E-state index in [-0.39, 0.29) is 17.3 Å². The molecule has 0 amide bonds. The van der Waals surface area contributed by atoms with Crippen LogP contribution in [0.15, 0.2) is 48.8 Å². The number of rotatable bonds is 12. The maximum absolute atomic E-state index is 14.3. The number of nitrogen functional groups attached to an aromatic ring is 1. The van der Waals surface area contributed by atoms with Crippen molar-refractivity contribution in [3.05, 3.63) is 54.5 Å². The standard InChI is InChI=1S/C30H39N6O9P/c1-17(2)27(37)42-25-24(43-30(15-31,29(25,7)39)23-14-13-22-26(32)33-16-34-36(22)23)20(6)44-46(40,45-21-11-9-8-10-12-21)35-19(5)28(38)41-18(3)4/h8-14,16-20,24-25,39H,1-7H3,(H,35,40)(H2,32,33,34)/t19-,20?,24+,25+,29+,30-,46?/m0/s1. The van der Waals surface area contributed by atoms with Crippen molar-refractivity contribution in [2.24, 2.45) is 5.92 Å². The number of esters is 2. The van der Waals surface area contributed by atoms with Crippen molar-refractivity contribution >= 4 is 31.0 Å². The van der Waals surface area contributed by atoms with Crippen molar-refractivity contribution in [3.63, 3.8) is 0 Å². The zero-order valence-electron chi connectivity index (χ0n) is 26.6. The third-order valence-electron chi connectivity index (χ3n) is 7.39. The van der Waals surface area contributed by atoms with Crippen LogP contribution in [0, 0.1) is 17.2 Å². The van der Waals surface area contributed by atoms with E-state index in [1.54, 1.807) is 52.0 Å². The van der Waals surface area contributed by atoms with Crippen molar-refractivity contribution < 1.29 is 42.5 Å². The molecule has 2 unspecified atom stereocenters. The normalized spacial score (nSPS) is 25.5. The van der Waals surface area contributed by atoms with E-state index in [4.69, 9.17) is 29.0 Å². The molecule has 1 aliphatic heterocycles. The molecule has 0 bridgehead atoms. The molecule has 1 fully saturated rings. The predicted molar refractivity (Wildman–Crippen MR) is 164 cm³/mol. The topological polar surface area (TPSA) is 210 Å². The lowest BCUT2D eigenvalue weighted by atomic mass is 9.79. The number of ether oxygens (including phenoxy) is 3. The summed E-state index contributed by atoms with van der Waals surface area (Å²) in [5, 5.41) is 29.5. The predicted octanol–water partition coefficient (Wildman–Crippen LogP) is 3.27. The van der Waals surface area contributed by atoms with Crippen LogP contribution in [0.25, 0.3) is 5.52 Å². The number of nitriles is 1. The van der Waals surface area contributed by atoms with Gasteiger partial charge in [0.2, 0.25) is 5.60 Å². The van der Waals surface area contributed by atoms with Gasteiger partial charge in [-0.25, -0.2) is 14.1 Å². The second kappa shape index (κ2) is 13.4. The number of hydrogen-bond acceptors (Lipinski definition) is 13. The first kappa shape index (κ1) is 34.8. The second-order valence-electron chi connectivity index (χ2n) is 11.7. The van der Waals surface area contributed by atoms with Crippen molar-refractivity contribution in [2.75, 3.05) is 5.73 Å². The lowest BCUT2D eigenvalue weighted by Gasteiger charge is -2.34. The van der Waals surface area contributed by atoms with Gasteiger partial charge in [0.25, 0.3) is 0 Å². The molecule has 4 rings (SSSR count). The van der Waals surface area contributed by atoms with Gasteiger partial charge in [-0.1, -0.05) is 32.0 Å². The van der Waals surface area contributed by atoms with Crippen molar-refractivity contribution in [1.29, 1.82) is 5.26 Å². The summed E-state index contributed by atoms with van der Waals surface area (Å²) >= 11 is 0. The van der Waals surface area contributed by atoms with E-state index in [0.29, 0.717) is 5.52 Å². The minimum absolute atomic E-state index is 0.0660. The van der Waals surface area contributed by atoms with Crippen molar-refractivity contribution in [2.45, 2.75) is 90.1 Å². The molecule has 16 heteroatoms. The molecule has 46 heavy (non-hydrogen) atoms. The van der Waals surface area contributed by atoms with Gasteiger partial charge in [0.05, 0.1) is 23.8 Å². The van der Waals surface area contributed by atoms with Crippen LogP contribution < -0.4 is 15.3 Å². The van der Waals surface area contributed by atoms with Crippen LogP contribution in [-0.2, 0) is 38.5 Å². The monoisotopic (exact) mass is 658 g/mol. The fraction of sp³-hybridized carbons (Fsp3) is 0.500. The second-order valence-corrected chi connectivity index (χ2v) is 13.4. The zero-order chi connectivity index (χ0) is 34.0. The fourth-order valence-electron chi connectivity index (χ4n) is 5.03. The highest BCUT2D eigenvalue weighted by Gasteiger charge is 2.69. The Labute approximate surface area is 266 Å². The maximum Gasteiger partial charge on any atom is 0.459 e. The molecular weight excluding hydrogens is 619 g/mol. The van der Waals surface area contributed by atoms with Gasteiger partial charge in [-0.15, -0.1) is 0 Å². The number of aliphatic hydroxyl groups is 1. The van der Waals surface area contributed by atoms with Crippen LogP contribution in [0.5, 0.6) is 5.75 Å². The smallest absolute Gasteiger partial charge is 0.459 e. The van der Waals surface area contributed by atoms with Gasteiger partial charge in [0, 0.05) is 0 Å². The van der Waals surface area contributed by atoms with Gasteiger partial charge in [-0.2, -0.15) is 15.4 Å². The van der Waals surface area contributed by atoms with E-state index in [9.17, 15) is 24.5 Å². The Morgan fingerprint density at radius 3 is 2.41 bits per heavy atom. The molecule has 2 aromatic heterocycles. The highest BCUT2D eigenvalue weighted by molar-refractivity contribution is 7.52. The van der Waals surface area contributed by atoms with Crippen LogP contribution in [0.3, 0.4) is 0 Å². The molecule has 0 spiro atoms. The van der Waals surface area contributed by atoms with E-state index < -0.39 is 67.3 Å². The first-order chi connectivity index (χ1) is 21.5. The summed E-state index contributed by atoms with van der Waals surface area (Å²) in [4.78, 5) is 29.5. The van der Waals surface area contributed by atoms with E-state index in [0.717, 1.165) is 0 Å². The van der Waals surface area contributed by atoms with Gasteiger partial charge >= 0.3 is 19.7 Å². The molecule has 0 saturated carbocycles. The summed E-state index contributed by atoms with van der Waals surface area (Å²) in [5.41, 5.74) is 1.97. The Kier molecular flexibility index (Phi) is 10.1. The maximum atomic E-state index is 14.3. The number of carbonyl (C=O) groups is 2. The molecule has 3 heterocycles. The minimum Gasteiger partial charge on any atom is -0.462 e. The Bertz CT molecular complexity index is 1660. The quantitative estimate of drug-likeness (QED) is 0.188. The molecule has 15 nitrogen and oxygen atoms in total. The number of nitrogens with two attached hydrogens (primary N) is 1. The van der Waals surface area contributed by atoms with E-state index in [1.165, 1.54) is 49.8 Å². The van der Waals surface area contributed by atoms with Gasteiger partial charge < -0.3 is 29.6 Å². The number of benzene rings is 1. The summed E-state index contributed by atoms with van der Waals surface area (Å²) < 4.78 is 44.8. The number of carbonyl (C=O) groups excluding carboxylic acids is 2. The lowest BCUT2D eigenvalue weighted by molar-refractivity contribution is -0.169. The number of hydrogen-bond donors (Lipinski definition) is 3. The largest absolute Gasteiger partial charge is 0.462 e. The number of fused-ring (bicyclic) bond motifs is 1. The van der Waals surface area contributed by atoms with Crippen LogP contribution in [0.4, 0.5) is 5.82 Å². The molecule has 1 saturated heterocycles. The van der Waals surface area contributed by atoms with Gasteiger partial charge in [-0.3, -0.25) is 14.1 Å². The third-order valence-corrected chi connectivity index (χ3v) is 9.15. The summed E-state index contributed by atoms with van der Waals surface area (Å²) in [6.45, 7) is 10.7. The van der Waals surface area contributed by atoms with Gasteiger partial charge in [0.1, 0.15) is 41.4 Å². The first-order valence-electron chi connectivity index (χ1n) is 14.7. The van der Waals surface area contributed by atoms with Crippen LogP contribution in [0.2, 0.25) is 0 Å². The van der Waals surface area contributed by atoms with Crippen LogP contribution in [0.1, 0.15) is 54.2 Å². The summed E-state index contributed by atoms with van der Waals surface area (Å²) in [5.74, 6) is -1.76. The summed E-state index contributed by atoms with van der Waals surface area (Å²) in [6.07, 6.45) is -3.51. The molecule has 7 atom stereocenters. The zero-order valence-corrected chi connectivity index (χ0v) is 27.5. The fourth-order valence-corrected chi connectivity index (χ4v) is 6.72. The highest BCUT2D eigenvalue weighted by Crippen LogP contribution is 2.53. The Morgan fingerprint density at radius 2 is 1.80 bits per heavy atom. The highest BCUT2D eigenvalue weighted by atomic mass is 31.2. The average Bonchev–Trinajstić information content (AvgIpc) is 3.51. The number of aromatic nitrogens is 3. The number of para-hydroxylation sites is 1. The number of nitrogens with zero attached hydrogens (tertiary/aromatic N) is 4. The molecule has 0 aliphatic carbocycles. The SMILES string of the molecule is CC(C)OC(=O)[C@H](C)NP(=O)(Oc1ccccc1)OC(C)[C@H]1O[C@@](C#N)(c2ccc3c(N)ncnn23)[C@](C)(O)[C@@H]1OC(=O)C(C)C. The Balaban J connectivity index is 1.77. The van der Waals surface area contributed by atoms with Crippen molar-refractivity contribution in [1.82, 2.24) is 19.7 Å². The minimum atomic E-state index is -4.46. The average molecular weight is 659 g/mol. The van der Waals surface area contributed by atoms with Gasteiger partial charge in [0.15, 0.2) is 11.9 Å². The van der Waals surface area contributed by atoms with Crippen molar-refractivity contribution in [3.8, 4) is 11.8 Å². The molecule has 1 aromatic carbocycles. The number of nitrogens with one attached hydrogen (secondary N) is 1. The van der Waals surface area contributed by atoms with E-state index >= 15 is 0 Å². The van der Waals surface area contributed by atoms with E-state index in [2.05, 4.69) is 15.2 Å². The third kappa shape index (κ3) is 6.72. The van der Waals surface area contributed by atoms with Gasteiger partial charge in [-0.05, 0) is 58.9 Å². The lowest BCUT2D eigenvalue weighted by Crippen LogP contribution is -2.54. The summed E-state index contributed by atoms with van der Waals surface area (Å²) in [6, 6.07) is 12.0. The van der Waals surface area contributed by atoms with Crippen LogP contribution >= 0.6 is 7.75 Å².